The molecule has 0 saturated carbocycles. The minimum Gasteiger partial charge on any atom is -0.497 e. The third-order valence-corrected chi connectivity index (χ3v) is 6.30. The third kappa shape index (κ3) is 4.65. The van der Waals surface area contributed by atoms with Gasteiger partial charge in [-0.25, -0.2) is 0 Å². The van der Waals surface area contributed by atoms with Gasteiger partial charge in [-0.05, 0) is 38.9 Å². The second-order valence-corrected chi connectivity index (χ2v) is 9.52. The molecule has 9 heteroatoms. The molecule has 2 aromatic heterocycles. The lowest BCUT2D eigenvalue weighted by molar-refractivity contribution is -0.138. The van der Waals surface area contributed by atoms with Crippen LogP contribution in [0.2, 0.25) is 0 Å². The number of hydrogen-bond acceptors (Lipinski definition) is 7. The number of Topliss-reactive ketones (excluding diaryl/α,β-unsaturated/α-hetero) is 1. The summed E-state index contributed by atoms with van der Waals surface area (Å²) in [7, 11) is 3.57. The normalized spacial score (nSPS) is 18.3. The quantitative estimate of drug-likeness (QED) is 0.593. The highest BCUT2D eigenvalue weighted by Gasteiger charge is 2.41. The number of allylic oxidation sites excluding steroid dienone is 3. The Labute approximate surface area is 198 Å². The molecule has 2 aliphatic rings. The van der Waals surface area contributed by atoms with E-state index in [0.717, 1.165) is 24.0 Å². The molecular formula is C25H32N4O5. The average molecular weight is 469 g/mol. The number of ether oxygens (including phenoxy) is 1. The molecule has 0 unspecified atom stereocenters. The number of pyridine rings is 1. The van der Waals surface area contributed by atoms with E-state index in [4.69, 9.17) is 9.15 Å². The van der Waals surface area contributed by atoms with Gasteiger partial charge >= 0.3 is 0 Å². The molecule has 3 heterocycles. The molecule has 34 heavy (non-hydrogen) atoms. The summed E-state index contributed by atoms with van der Waals surface area (Å²) in [6.07, 6.45) is 6.08. The summed E-state index contributed by atoms with van der Waals surface area (Å²) in [6.45, 7) is 6.68. The van der Waals surface area contributed by atoms with Gasteiger partial charge in [0.25, 0.3) is 5.56 Å². The van der Waals surface area contributed by atoms with Crippen LogP contribution in [0.4, 0.5) is 0 Å². The molecule has 1 amide bonds. The average Bonchev–Trinajstić information content (AvgIpc) is 3.25. The summed E-state index contributed by atoms with van der Waals surface area (Å²) in [5.41, 5.74) is 0.827. The molecule has 9 nitrogen and oxygen atoms in total. The molecule has 0 atom stereocenters. The van der Waals surface area contributed by atoms with E-state index in [0.29, 0.717) is 43.3 Å². The number of amides is 1. The van der Waals surface area contributed by atoms with Crippen LogP contribution >= 0.6 is 0 Å². The van der Waals surface area contributed by atoms with E-state index in [1.165, 1.54) is 11.2 Å². The van der Waals surface area contributed by atoms with Crippen LogP contribution in [0.25, 0.3) is 11.0 Å². The molecule has 182 valence electrons. The first-order valence-corrected chi connectivity index (χ1v) is 11.6. The van der Waals surface area contributed by atoms with Crippen LogP contribution < -0.4 is 10.9 Å². The Balaban J connectivity index is 1.26. The molecule has 0 saturated heterocycles. The Morgan fingerprint density at radius 1 is 1.15 bits per heavy atom. The monoisotopic (exact) mass is 468 g/mol. The van der Waals surface area contributed by atoms with E-state index < -0.39 is 5.41 Å². The Kier molecular flexibility index (Phi) is 6.65. The molecular weight excluding hydrogens is 436 g/mol. The van der Waals surface area contributed by atoms with Crippen LogP contribution in [0.3, 0.4) is 0 Å². The maximum Gasteiger partial charge on any atom is 0.294 e. The van der Waals surface area contributed by atoms with Crippen LogP contribution in [-0.4, -0.2) is 66.4 Å². The number of carbonyl (C=O) groups excluding carboxylic acids is 2. The van der Waals surface area contributed by atoms with Crippen molar-refractivity contribution in [3.63, 3.8) is 0 Å². The van der Waals surface area contributed by atoms with E-state index >= 15 is 0 Å². The highest BCUT2D eigenvalue weighted by molar-refractivity contribution is 6.03. The number of aromatic nitrogens is 1. The van der Waals surface area contributed by atoms with Gasteiger partial charge in [-0.15, -0.1) is 0 Å². The predicted octanol–water partition coefficient (Wildman–Crippen LogP) is 2.09. The number of ketones is 1. The summed E-state index contributed by atoms with van der Waals surface area (Å²) in [4.78, 5) is 41.4. The van der Waals surface area contributed by atoms with Gasteiger partial charge in [-0.3, -0.25) is 14.4 Å². The zero-order chi connectivity index (χ0) is 24.5. The molecule has 1 aliphatic carbocycles. The first kappa shape index (κ1) is 23.8. The molecule has 2 aromatic rings. The van der Waals surface area contributed by atoms with Crippen LogP contribution in [-0.2, 0) is 20.9 Å². The Morgan fingerprint density at radius 3 is 2.74 bits per heavy atom. The molecule has 1 aliphatic heterocycles. The lowest BCUT2D eigenvalue weighted by Crippen LogP contribution is -2.41. The predicted molar refractivity (Wildman–Crippen MR) is 128 cm³/mol. The highest BCUT2D eigenvalue weighted by atomic mass is 16.5. The van der Waals surface area contributed by atoms with Crippen molar-refractivity contribution in [3.8, 4) is 0 Å². The summed E-state index contributed by atoms with van der Waals surface area (Å²) >= 11 is 0. The van der Waals surface area contributed by atoms with Gasteiger partial charge < -0.3 is 28.8 Å². The lowest BCUT2D eigenvalue weighted by Gasteiger charge is -2.28. The summed E-state index contributed by atoms with van der Waals surface area (Å²) in [5.74, 6) is 0.451. The Hall–Kier alpha value is -3.33. The maximum atomic E-state index is 12.9. The van der Waals surface area contributed by atoms with Crippen molar-refractivity contribution in [1.82, 2.24) is 19.7 Å². The van der Waals surface area contributed by atoms with Gasteiger partial charge in [0.2, 0.25) is 5.91 Å². The van der Waals surface area contributed by atoms with Crippen molar-refractivity contribution in [3.05, 3.63) is 58.2 Å². The van der Waals surface area contributed by atoms with E-state index in [9.17, 15) is 14.4 Å². The van der Waals surface area contributed by atoms with E-state index in [-0.39, 0.29) is 23.7 Å². The fourth-order valence-electron chi connectivity index (χ4n) is 4.59. The number of fused-ring (bicyclic) bond motifs is 1. The van der Waals surface area contributed by atoms with Gasteiger partial charge in [0.05, 0.1) is 30.4 Å². The SMILES string of the molecule is CN1CC(C)(C)C(=O)N(C)C2=C1C=C(OCCCNCCn1ccc3ccoc3c1=O)CC2=O. The minimum atomic E-state index is -0.587. The molecule has 0 aromatic carbocycles. The highest BCUT2D eigenvalue weighted by Crippen LogP contribution is 2.34. The molecule has 1 N–H and O–H groups in total. The summed E-state index contributed by atoms with van der Waals surface area (Å²) < 4.78 is 12.8. The van der Waals surface area contributed by atoms with Crippen molar-refractivity contribution in [2.24, 2.45) is 5.41 Å². The second-order valence-electron chi connectivity index (χ2n) is 9.52. The fraction of sp³-hybridized carbons (Fsp3) is 0.480. The molecule has 4 rings (SSSR count). The zero-order valence-corrected chi connectivity index (χ0v) is 20.2. The largest absolute Gasteiger partial charge is 0.497 e. The van der Waals surface area contributed by atoms with Gasteiger partial charge in [0.15, 0.2) is 11.4 Å². The third-order valence-electron chi connectivity index (χ3n) is 6.30. The van der Waals surface area contributed by atoms with Crippen molar-refractivity contribution in [1.29, 1.82) is 0 Å². The van der Waals surface area contributed by atoms with Gasteiger partial charge in [-0.1, -0.05) is 0 Å². The minimum absolute atomic E-state index is 0.0621. The van der Waals surface area contributed by atoms with Crippen LogP contribution in [0.1, 0.15) is 26.7 Å². The van der Waals surface area contributed by atoms with Gasteiger partial charge in [0.1, 0.15) is 11.5 Å². The number of nitrogens with one attached hydrogen (secondary N) is 1. The molecule has 0 radical (unpaired) electrons. The maximum absolute atomic E-state index is 12.9. The number of nitrogens with zero attached hydrogens (tertiary/aromatic N) is 3. The van der Waals surface area contributed by atoms with Crippen molar-refractivity contribution in [2.45, 2.75) is 33.2 Å². The van der Waals surface area contributed by atoms with Crippen molar-refractivity contribution in [2.75, 3.05) is 40.3 Å². The summed E-state index contributed by atoms with van der Waals surface area (Å²) in [5, 5.41) is 4.12. The molecule has 0 fully saturated rings. The van der Waals surface area contributed by atoms with E-state index in [2.05, 4.69) is 5.32 Å². The van der Waals surface area contributed by atoms with Gasteiger partial charge in [0, 0.05) is 51.4 Å². The summed E-state index contributed by atoms with van der Waals surface area (Å²) in [6, 6.07) is 3.65. The van der Waals surface area contributed by atoms with Crippen LogP contribution in [0.5, 0.6) is 0 Å². The first-order chi connectivity index (χ1) is 16.2. The lowest BCUT2D eigenvalue weighted by atomic mass is 9.91. The Morgan fingerprint density at radius 2 is 1.94 bits per heavy atom. The number of hydrogen-bond donors (Lipinski definition) is 1. The zero-order valence-electron chi connectivity index (χ0n) is 20.2. The number of likely N-dealkylation sites (N-methyl/N-ethyl adjacent to an activating group) is 2. The van der Waals surface area contributed by atoms with Crippen molar-refractivity contribution < 1.29 is 18.7 Å². The molecule has 0 spiro atoms. The fourth-order valence-corrected chi connectivity index (χ4v) is 4.59. The van der Waals surface area contributed by atoms with Crippen LogP contribution in [0, 0.1) is 5.41 Å². The topological polar surface area (TPSA) is 97.0 Å². The second kappa shape index (κ2) is 9.50. The van der Waals surface area contributed by atoms with E-state index in [1.54, 1.807) is 23.9 Å². The number of rotatable bonds is 8. The van der Waals surface area contributed by atoms with Gasteiger partial charge in [-0.2, -0.15) is 0 Å². The smallest absolute Gasteiger partial charge is 0.294 e. The first-order valence-electron chi connectivity index (χ1n) is 11.6. The number of furan rings is 1. The standard InChI is InChI=1S/C25H32N4O5/c1-25(2)16-27(3)19-14-18(15-20(30)21(19)28(4)24(25)32)33-12-5-8-26-9-11-29-10-6-17-7-13-34-22(17)23(29)31/h6-7,10,13-14,26H,5,8-9,11-12,15-16H2,1-4H3. The van der Waals surface area contributed by atoms with E-state index in [1.807, 2.05) is 37.9 Å². The molecule has 0 bridgehead atoms. The number of carbonyl (C=O) groups is 2. The van der Waals surface area contributed by atoms with Crippen molar-refractivity contribution >= 4 is 22.7 Å². The Bertz CT molecular complexity index is 1220. The van der Waals surface area contributed by atoms with Crippen LogP contribution in [0.15, 0.2) is 57.0 Å².